The lowest BCUT2D eigenvalue weighted by Crippen LogP contribution is -2.75. The molecular formula is C77H104N4O8. The largest absolute Gasteiger partial charge is 0.392 e. The van der Waals surface area contributed by atoms with E-state index in [1.165, 1.54) is 36.1 Å². The fourth-order valence-corrected chi connectivity index (χ4v) is 25.2. The molecule has 6 saturated carbocycles. The normalized spacial score (nSPS) is 41.4. The molecule has 2 bridgehead atoms. The molecule has 2 spiro atoms. The minimum atomic E-state index is -1.04. The number of nitrogens with one attached hydrogen (secondary N) is 3. The minimum Gasteiger partial charge on any atom is -0.392 e. The van der Waals surface area contributed by atoms with E-state index in [2.05, 4.69) is 112 Å². The number of benzene rings is 1. The first-order chi connectivity index (χ1) is 42.6. The van der Waals surface area contributed by atoms with Crippen molar-refractivity contribution >= 4 is 28.4 Å². The van der Waals surface area contributed by atoms with E-state index >= 15 is 19.5 Å². The maximum Gasteiger partial charge on any atom is 0.163 e. The summed E-state index contributed by atoms with van der Waals surface area (Å²) in [4.78, 5) is 56.7. The Kier molecular flexibility index (Phi) is 13.9. The number of carbonyl (C=O) groups is 3. The predicted octanol–water partition coefficient (Wildman–Crippen LogP) is 13.8. The average molecular weight is 1210 g/mol. The van der Waals surface area contributed by atoms with Crippen molar-refractivity contribution in [2.45, 2.75) is 275 Å². The van der Waals surface area contributed by atoms with E-state index < -0.39 is 67.7 Å². The van der Waals surface area contributed by atoms with Gasteiger partial charge in [-0.1, -0.05) is 91.7 Å². The van der Waals surface area contributed by atoms with E-state index in [0.717, 1.165) is 146 Å². The Bertz CT molecular complexity index is 3570. The van der Waals surface area contributed by atoms with Crippen molar-refractivity contribution in [1.29, 1.82) is 0 Å². The number of aromatic nitrogens is 3. The second-order valence-electron chi connectivity index (χ2n) is 33.5. The van der Waals surface area contributed by atoms with E-state index in [-0.39, 0.29) is 47.4 Å². The predicted molar refractivity (Wildman–Crippen MR) is 345 cm³/mol. The summed E-state index contributed by atoms with van der Waals surface area (Å²) in [6.07, 6.45) is 26.1. The molecule has 12 aliphatic rings. The van der Waals surface area contributed by atoms with Crippen molar-refractivity contribution in [2.24, 2.45) is 56.2 Å². The number of hydrogen-bond donors (Lipinski definition) is 6. The van der Waals surface area contributed by atoms with Gasteiger partial charge in [-0.2, -0.15) is 0 Å². The summed E-state index contributed by atoms with van der Waals surface area (Å²) in [5.41, 5.74) is 8.03. The van der Waals surface area contributed by atoms with Gasteiger partial charge in [0.2, 0.25) is 0 Å². The molecule has 0 radical (unpaired) electrons. The monoisotopic (exact) mass is 1210 g/mol. The van der Waals surface area contributed by atoms with E-state index in [9.17, 15) is 10.2 Å². The third kappa shape index (κ3) is 8.06. The van der Waals surface area contributed by atoms with Crippen molar-refractivity contribution in [1.82, 2.24) is 19.9 Å². The summed E-state index contributed by atoms with van der Waals surface area (Å²) < 4.78 is 14.6. The molecule has 12 nitrogen and oxygen atoms in total. The second-order valence-corrected chi connectivity index (χ2v) is 33.5. The molecule has 4 aromatic rings. The van der Waals surface area contributed by atoms with E-state index in [1.807, 2.05) is 0 Å². The van der Waals surface area contributed by atoms with E-state index in [1.54, 1.807) is 0 Å². The Morgan fingerprint density at radius 3 is 2.37 bits per heavy atom. The molecule has 6 heterocycles. The maximum absolute atomic E-state index is 17.0. The highest BCUT2D eigenvalue weighted by atomic mass is 16.6. The van der Waals surface area contributed by atoms with Crippen LogP contribution in [-0.2, 0) is 48.8 Å². The summed E-state index contributed by atoms with van der Waals surface area (Å²) >= 11 is 0. The number of unbranched alkanes of at least 4 members (excludes halogenated alkanes) is 2. The van der Waals surface area contributed by atoms with Crippen LogP contribution in [0.25, 0.3) is 11.0 Å². The quantitative estimate of drug-likeness (QED) is 0.0629. The molecule has 3 aromatic heterocycles. The highest BCUT2D eigenvalue weighted by Gasteiger charge is 2.82. The number of fused-ring (bicyclic) bond motifs is 10. The lowest BCUT2D eigenvalue weighted by atomic mass is 9.26. The molecule has 16 rings (SSSR count). The highest BCUT2D eigenvalue weighted by Crippen LogP contribution is 2.85. The number of hydrogen-bond acceptors (Lipinski definition) is 9. The number of aliphatic hydroxyl groups is 3. The molecule has 480 valence electrons. The van der Waals surface area contributed by atoms with Gasteiger partial charge in [-0.3, -0.25) is 14.4 Å². The summed E-state index contributed by atoms with van der Waals surface area (Å²) in [7, 11) is 2.09. The number of ketones is 3. The van der Waals surface area contributed by atoms with Crippen LogP contribution in [0.2, 0.25) is 0 Å². The number of Topliss-reactive ketones (excluding diaryl/α,β-unsaturated/α-hetero) is 3. The second kappa shape index (κ2) is 20.7. The van der Waals surface area contributed by atoms with Gasteiger partial charge >= 0.3 is 0 Å². The number of rotatable bonds is 11. The van der Waals surface area contributed by atoms with Crippen molar-refractivity contribution < 1.29 is 39.2 Å². The summed E-state index contributed by atoms with van der Waals surface area (Å²) in [5, 5.41) is 44.3. The zero-order chi connectivity index (χ0) is 61.7. The zero-order valence-corrected chi connectivity index (χ0v) is 55.0. The number of carbonyl (C=O) groups excluding carboxylic acids is 3. The number of ether oxygens (including phenoxy) is 2. The van der Waals surface area contributed by atoms with E-state index in [4.69, 9.17) is 9.47 Å². The lowest BCUT2D eigenvalue weighted by molar-refractivity contribution is -0.275. The molecular weight excluding hydrogens is 1110 g/mol. The topological polar surface area (TPSA) is 182 Å². The van der Waals surface area contributed by atoms with Crippen LogP contribution >= 0.6 is 0 Å². The van der Waals surface area contributed by atoms with Crippen LogP contribution in [0.3, 0.4) is 0 Å². The first-order valence-corrected chi connectivity index (χ1v) is 36.0. The number of epoxide rings is 1. The van der Waals surface area contributed by atoms with Gasteiger partial charge in [0, 0.05) is 103 Å². The number of nitrogens with zero attached hydrogens (tertiary/aromatic N) is 1. The Hall–Kier alpha value is -4.17. The Balaban J connectivity index is 0.925. The van der Waals surface area contributed by atoms with Crippen LogP contribution in [0.5, 0.6) is 0 Å². The molecule has 8 fully saturated rings. The number of aliphatic hydroxyl groups excluding tert-OH is 2. The van der Waals surface area contributed by atoms with Crippen LogP contribution in [-0.4, -0.2) is 97.4 Å². The molecule has 2 saturated heterocycles. The molecule has 9 aliphatic carbocycles. The zero-order valence-electron chi connectivity index (χ0n) is 55.0. The lowest BCUT2D eigenvalue weighted by Gasteiger charge is -2.77. The summed E-state index contributed by atoms with van der Waals surface area (Å²) in [6, 6.07) is 7.21. The number of allylic oxidation sites excluding steroid dienone is 1. The van der Waals surface area contributed by atoms with Crippen molar-refractivity contribution in [2.75, 3.05) is 20.3 Å². The number of aromatic amines is 2. The molecule has 0 unspecified atom stereocenters. The van der Waals surface area contributed by atoms with Gasteiger partial charge in [0.25, 0.3) is 0 Å². The molecule has 89 heavy (non-hydrogen) atoms. The summed E-state index contributed by atoms with van der Waals surface area (Å²) in [5.74, 6) is -0.297. The molecule has 12 heteroatoms. The SMILES string of the molecule is CCCCC[C@@H]1C(=O)C2=C3[C@@H](Cn4cc([C@H]5C(=O)CCc6c5cc(C5CCCCC5)cc6C5(O)CCOCC5)c5[nH]cc(c54)CC[C@@]2(C)C[C@@H](O)[C@H]2OC2(C)C)[C@@H](O)[C@@H]2[C@@]4(C)[C@@H](CC[C@]2(C)[C@]31C)[C@@]1(CCC[C@@H](NC)C1)C(=O)[C@H]1c2cc[nH]c2[C@@H]2CC[C@@]14C2. The third-order valence-corrected chi connectivity index (χ3v) is 29.4. The first kappa shape index (κ1) is 59.8. The molecule has 17 atom stereocenters. The van der Waals surface area contributed by atoms with Crippen molar-refractivity contribution in [3.05, 3.63) is 92.6 Å². The van der Waals surface area contributed by atoms with Gasteiger partial charge in [-0.15, -0.1) is 0 Å². The molecule has 1 aromatic carbocycles. The smallest absolute Gasteiger partial charge is 0.163 e. The van der Waals surface area contributed by atoms with Crippen LogP contribution in [0.4, 0.5) is 0 Å². The Morgan fingerprint density at radius 1 is 0.831 bits per heavy atom. The van der Waals surface area contributed by atoms with E-state index in [0.29, 0.717) is 82.3 Å². The Labute approximate surface area is 528 Å². The van der Waals surface area contributed by atoms with Crippen LogP contribution in [0, 0.1) is 56.2 Å². The highest BCUT2D eigenvalue weighted by molar-refractivity contribution is 6.04. The van der Waals surface area contributed by atoms with Gasteiger partial charge < -0.3 is 44.6 Å². The fourth-order valence-electron chi connectivity index (χ4n) is 25.2. The minimum absolute atomic E-state index is 0.0501. The van der Waals surface area contributed by atoms with Crippen LogP contribution in [0.1, 0.15) is 264 Å². The standard InChI is InChI=1S/C77H104N4O8/c1-9-10-12-19-53-66(85)61-59-52(65(84)67-72(5,73(53,59)6)28-24-57-74(67,7)76-29-23-44(37-76)62-49(25-32-79-62)60(76)68(86)75(57)26-15-18-47(38-75)78-8)42-81-41-51(63-64(81)45(40-80-63)22-27-71(61,4)39-56(83)69-70(2,3)89-69)58-50-35-46(43-16-13-11-14-17-43)36-54(48(50)20-21-55(58)82)77(87)30-33-88-34-31-77/h25,32,35-36,40-41,43-44,47,52-53,56-58,60,65,67,69,78-80,83-84,87H,9-24,26-31,33-34,37-39,42H2,1-8H3/t44-,47-,52-,53-,56-,57-,58+,60-,65-,67+,69-,71+,72+,73+,74-,75+,76-/m1/s1. The Morgan fingerprint density at radius 2 is 1.62 bits per heavy atom. The number of H-pyrrole nitrogens is 2. The van der Waals surface area contributed by atoms with Gasteiger partial charge in [0.05, 0.1) is 46.3 Å². The van der Waals surface area contributed by atoms with Gasteiger partial charge in [-0.05, 0) is 208 Å². The first-order valence-electron chi connectivity index (χ1n) is 36.0. The fraction of sp³-hybridized carbons (Fsp3) is 0.727. The molecule has 6 N–H and O–H groups in total. The van der Waals surface area contributed by atoms with Crippen LogP contribution in [0.15, 0.2) is 47.9 Å². The van der Waals surface area contributed by atoms with Crippen molar-refractivity contribution in [3.63, 3.8) is 0 Å². The van der Waals surface area contributed by atoms with Gasteiger partial charge in [-0.25, -0.2) is 0 Å². The third-order valence-electron chi connectivity index (χ3n) is 29.4. The molecule has 0 amide bonds. The van der Waals surface area contributed by atoms with Gasteiger partial charge in [0.1, 0.15) is 17.7 Å². The average Bonchev–Trinajstić information content (AvgIpc) is 1.63. The van der Waals surface area contributed by atoms with Gasteiger partial charge in [0.15, 0.2) is 5.78 Å². The molecule has 3 aliphatic heterocycles. The summed E-state index contributed by atoms with van der Waals surface area (Å²) in [6.45, 7) is 17.8. The number of aryl methyl sites for hydroxylation is 1. The maximum atomic E-state index is 17.0. The van der Waals surface area contributed by atoms with Crippen LogP contribution < -0.4 is 5.32 Å². The van der Waals surface area contributed by atoms with Crippen molar-refractivity contribution in [3.8, 4) is 0 Å².